The first-order chi connectivity index (χ1) is 6.88. The van der Waals surface area contributed by atoms with Crippen molar-refractivity contribution in [2.45, 2.75) is 33.3 Å². The van der Waals surface area contributed by atoms with Crippen LogP contribution in [0.5, 0.6) is 0 Å². The van der Waals surface area contributed by atoms with Crippen LogP contribution in [-0.2, 0) is 14.3 Å². The summed E-state index contributed by atoms with van der Waals surface area (Å²) in [5, 5.41) is 1.88. The first-order valence-electron chi connectivity index (χ1n) is 4.68. The monoisotopic (exact) mass is 216 g/mol. The summed E-state index contributed by atoms with van der Waals surface area (Å²) in [6, 6.07) is -0.960. The molecule has 0 aliphatic carbocycles. The van der Waals surface area contributed by atoms with Crippen molar-refractivity contribution in [1.82, 2.24) is 5.32 Å². The van der Waals surface area contributed by atoms with Crippen LogP contribution in [0.3, 0.4) is 0 Å². The molecule has 6 nitrogen and oxygen atoms in total. The van der Waals surface area contributed by atoms with E-state index >= 15 is 0 Å². The number of nitrogens with one attached hydrogen (secondary N) is 1. The van der Waals surface area contributed by atoms with Gasteiger partial charge in [0.15, 0.2) is 6.10 Å². The molecular formula is C9H16N2O4. The Balaban J connectivity index is 4.45. The lowest BCUT2D eigenvalue weighted by Gasteiger charge is -2.19. The lowest BCUT2D eigenvalue weighted by atomic mass is 10.1. The van der Waals surface area contributed by atoms with Crippen LogP contribution < -0.4 is 11.1 Å². The van der Waals surface area contributed by atoms with Gasteiger partial charge in [-0.1, -0.05) is 20.8 Å². The van der Waals surface area contributed by atoms with Gasteiger partial charge in [0.1, 0.15) is 0 Å². The molecule has 3 amide bonds. The number of carbonyl (C=O) groups excluding carboxylic acids is 3. The lowest BCUT2D eigenvalue weighted by Crippen LogP contribution is -2.45. The maximum atomic E-state index is 11.4. The summed E-state index contributed by atoms with van der Waals surface area (Å²) in [6.45, 7) is 5.02. The second-order valence-electron chi connectivity index (χ2n) is 3.36. The van der Waals surface area contributed by atoms with E-state index in [0.717, 1.165) is 0 Å². The van der Waals surface area contributed by atoms with Gasteiger partial charge in [-0.25, -0.2) is 4.79 Å². The Labute approximate surface area is 88.1 Å². The second-order valence-corrected chi connectivity index (χ2v) is 3.36. The molecule has 0 aliphatic rings. The fourth-order valence-corrected chi connectivity index (χ4v) is 0.910. The molecule has 0 aliphatic heterocycles. The van der Waals surface area contributed by atoms with Gasteiger partial charge in [-0.2, -0.15) is 0 Å². The molecule has 0 aromatic rings. The Bertz CT molecular complexity index is 263. The molecule has 0 aromatic carbocycles. The molecule has 0 unspecified atom stereocenters. The minimum atomic E-state index is -0.982. The summed E-state index contributed by atoms with van der Waals surface area (Å²) in [7, 11) is 0. The van der Waals surface area contributed by atoms with Crippen LogP contribution in [0.15, 0.2) is 0 Å². The predicted molar refractivity (Wildman–Crippen MR) is 52.7 cm³/mol. The standard InChI is InChI=1S/C9H16N2O4/c1-4-6(12)15-7(5(2)3)8(13)11-9(10)14/h5,7H,4H2,1-3H3,(H3,10,11,13,14)/t7-/m1/s1. The zero-order chi connectivity index (χ0) is 12.0. The second kappa shape index (κ2) is 6.00. The molecule has 6 heteroatoms. The maximum Gasteiger partial charge on any atom is 0.318 e. The van der Waals surface area contributed by atoms with Gasteiger partial charge in [-0.3, -0.25) is 14.9 Å². The van der Waals surface area contributed by atoms with Crippen LogP contribution in [0.4, 0.5) is 4.79 Å². The summed E-state index contributed by atoms with van der Waals surface area (Å²) in [5.41, 5.74) is 4.78. The zero-order valence-electron chi connectivity index (χ0n) is 9.07. The van der Waals surface area contributed by atoms with Crippen molar-refractivity contribution in [3.8, 4) is 0 Å². The van der Waals surface area contributed by atoms with Crippen LogP contribution in [-0.4, -0.2) is 24.0 Å². The highest BCUT2D eigenvalue weighted by atomic mass is 16.5. The van der Waals surface area contributed by atoms with E-state index in [9.17, 15) is 14.4 Å². The van der Waals surface area contributed by atoms with Crippen molar-refractivity contribution in [3.05, 3.63) is 0 Å². The van der Waals surface area contributed by atoms with Crippen LogP contribution in [0.2, 0.25) is 0 Å². The minimum Gasteiger partial charge on any atom is -0.452 e. The van der Waals surface area contributed by atoms with E-state index in [2.05, 4.69) is 0 Å². The molecule has 3 N–H and O–H groups in total. The van der Waals surface area contributed by atoms with Crippen molar-refractivity contribution < 1.29 is 19.1 Å². The molecule has 0 saturated carbocycles. The number of imide groups is 1. The Kier molecular flexibility index (Phi) is 5.36. The van der Waals surface area contributed by atoms with Crippen molar-refractivity contribution in [2.75, 3.05) is 0 Å². The van der Waals surface area contributed by atoms with E-state index in [1.807, 2.05) is 5.32 Å². The average molecular weight is 216 g/mol. The molecule has 0 spiro atoms. The third kappa shape index (κ3) is 4.99. The number of esters is 1. The molecule has 15 heavy (non-hydrogen) atoms. The summed E-state index contributed by atoms with van der Waals surface area (Å²) in [6.07, 6.45) is -0.808. The Morgan fingerprint density at radius 2 is 1.87 bits per heavy atom. The van der Waals surface area contributed by atoms with E-state index in [1.54, 1.807) is 20.8 Å². The van der Waals surface area contributed by atoms with E-state index in [1.165, 1.54) is 0 Å². The van der Waals surface area contributed by atoms with Gasteiger partial charge >= 0.3 is 12.0 Å². The average Bonchev–Trinajstić information content (AvgIpc) is 2.11. The fraction of sp³-hybridized carbons (Fsp3) is 0.667. The number of carbonyl (C=O) groups is 3. The molecule has 1 atom stereocenters. The summed E-state index contributed by atoms with van der Waals surface area (Å²) in [5.74, 6) is -1.41. The molecule has 86 valence electrons. The van der Waals surface area contributed by atoms with Gasteiger partial charge in [-0.15, -0.1) is 0 Å². The number of hydrogen-bond acceptors (Lipinski definition) is 4. The fourth-order valence-electron chi connectivity index (χ4n) is 0.910. The number of primary amides is 1. The third-order valence-electron chi connectivity index (χ3n) is 1.66. The van der Waals surface area contributed by atoms with Crippen LogP contribution in [0.1, 0.15) is 27.2 Å². The highest BCUT2D eigenvalue weighted by Gasteiger charge is 2.26. The van der Waals surface area contributed by atoms with Crippen LogP contribution in [0, 0.1) is 5.92 Å². The van der Waals surface area contributed by atoms with Crippen LogP contribution in [0.25, 0.3) is 0 Å². The molecule has 0 fully saturated rings. The first kappa shape index (κ1) is 13.4. The molecule has 0 heterocycles. The van der Waals surface area contributed by atoms with Gasteiger partial charge in [0.2, 0.25) is 0 Å². The predicted octanol–water partition coefficient (Wildman–Crippen LogP) is 0.159. The Morgan fingerprint density at radius 1 is 1.33 bits per heavy atom. The number of nitrogens with two attached hydrogens (primary N) is 1. The summed E-state index contributed by atoms with van der Waals surface area (Å²) in [4.78, 5) is 32.8. The molecule has 0 rings (SSSR count). The Hall–Kier alpha value is -1.59. The van der Waals surface area contributed by atoms with Gasteiger partial charge < -0.3 is 10.5 Å². The van der Waals surface area contributed by atoms with E-state index in [-0.39, 0.29) is 12.3 Å². The summed E-state index contributed by atoms with van der Waals surface area (Å²) < 4.78 is 4.86. The molecule has 0 saturated heterocycles. The van der Waals surface area contributed by atoms with Gasteiger partial charge in [-0.05, 0) is 5.92 Å². The lowest BCUT2D eigenvalue weighted by molar-refractivity contribution is -0.157. The van der Waals surface area contributed by atoms with Crippen LogP contribution >= 0.6 is 0 Å². The van der Waals surface area contributed by atoms with Gasteiger partial charge in [0.05, 0.1) is 0 Å². The maximum absolute atomic E-state index is 11.4. The van der Waals surface area contributed by atoms with E-state index in [4.69, 9.17) is 10.5 Å². The number of hydrogen-bond donors (Lipinski definition) is 2. The zero-order valence-corrected chi connectivity index (χ0v) is 9.07. The number of ether oxygens (including phenoxy) is 1. The molecule has 0 aromatic heterocycles. The van der Waals surface area contributed by atoms with Gasteiger partial charge in [0, 0.05) is 6.42 Å². The Morgan fingerprint density at radius 3 is 2.20 bits per heavy atom. The van der Waals surface area contributed by atoms with E-state index < -0.39 is 24.0 Å². The normalized spacial score (nSPS) is 12.0. The molecular weight excluding hydrogens is 200 g/mol. The topological polar surface area (TPSA) is 98.5 Å². The number of rotatable bonds is 4. The molecule has 0 bridgehead atoms. The highest BCUT2D eigenvalue weighted by Crippen LogP contribution is 2.08. The van der Waals surface area contributed by atoms with E-state index in [0.29, 0.717) is 0 Å². The van der Waals surface area contributed by atoms with Gasteiger partial charge in [0.25, 0.3) is 5.91 Å². The largest absolute Gasteiger partial charge is 0.452 e. The van der Waals surface area contributed by atoms with Crippen molar-refractivity contribution in [1.29, 1.82) is 0 Å². The number of amides is 3. The first-order valence-corrected chi connectivity index (χ1v) is 4.68. The van der Waals surface area contributed by atoms with Crippen molar-refractivity contribution in [3.63, 3.8) is 0 Å². The minimum absolute atomic E-state index is 0.174. The third-order valence-corrected chi connectivity index (χ3v) is 1.66. The highest BCUT2D eigenvalue weighted by molar-refractivity contribution is 5.96. The van der Waals surface area contributed by atoms with Crippen molar-refractivity contribution >= 4 is 17.9 Å². The quantitative estimate of drug-likeness (QED) is 0.654. The SMILES string of the molecule is CCC(=O)O[C@@H](C(=O)NC(N)=O)C(C)C. The molecule has 0 radical (unpaired) electrons. The summed E-state index contributed by atoms with van der Waals surface area (Å²) >= 11 is 0. The smallest absolute Gasteiger partial charge is 0.318 e. The van der Waals surface area contributed by atoms with Crippen molar-refractivity contribution in [2.24, 2.45) is 11.7 Å². The number of urea groups is 1.